The Balaban J connectivity index is 2.08. The van der Waals surface area contributed by atoms with Gasteiger partial charge in [0, 0.05) is 6.07 Å². The van der Waals surface area contributed by atoms with Crippen molar-refractivity contribution in [3.63, 3.8) is 0 Å². The van der Waals surface area contributed by atoms with Gasteiger partial charge >= 0.3 is 0 Å². The third-order valence-electron chi connectivity index (χ3n) is 4.43. The molecule has 1 atom stereocenters. The molecule has 0 aliphatic carbocycles. The molecule has 1 amide bonds. The van der Waals surface area contributed by atoms with Crippen LogP contribution in [0.4, 0.5) is 11.4 Å². The highest BCUT2D eigenvalue weighted by molar-refractivity contribution is 7.94. The van der Waals surface area contributed by atoms with Gasteiger partial charge in [-0.15, -0.1) is 0 Å². The Labute approximate surface area is 175 Å². The summed E-state index contributed by atoms with van der Waals surface area (Å²) in [6.45, 7) is 3.39. The van der Waals surface area contributed by atoms with E-state index in [2.05, 4.69) is 4.72 Å². The smallest absolute Gasteiger partial charge is 0.265 e. The zero-order valence-corrected chi connectivity index (χ0v) is 18.3. The normalized spacial score (nSPS) is 18.3. The van der Waals surface area contributed by atoms with E-state index in [9.17, 15) is 21.6 Å². The average Bonchev–Trinajstić information content (AvgIpc) is 2.89. The van der Waals surface area contributed by atoms with E-state index in [0.717, 1.165) is 6.07 Å². The maximum atomic E-state index is 13.1. The van der Waals surface area contributed by atoms with Crippen LogP contribution in [0.2, 0.25) is 0 Å². The number of carbonyl (C=O) groups is 1. The van der Waals surface area contributed by atoms with Gasteiger partial charge in [-0.25, -0.2) is 21.1 Å². The van der Waals surface area contributed by atoms with Crippen molar-refractivity contribution in [3.05, 3.63) is 42.5 Å². The Kier molecular flexibility index (Phi) is 5.95. The molecular formula is C19H22N2O7S2. The molecule has 1 saturated heterocycles. The molecule has 9 nitrogen and oxygen atoms in total. The second-order valence-corrected chi connectivity index (χ2v) is 10.2. The van der Waals surface area contributed by atoms with Crippen LogP contribution >= 0.6 is 0 Å². The summed E-state index contributed by atoms with van der Waals surface area (Å²) in [5, 5.41) is 0. The minimum Gasteiger partial charge on any atom is -0.497 e. The van der Waals surface area contributed by atoms with Crippen molar-refractivity contribution in [3.8, 4) is 11.5 Å². The Hall–Kier alpha value is -2.79. The predicted molar refractivity (Wildman–Crippen MR) is 112 cm³/mol. The second-order valence-electron chi connectivity index (χ2n) is 6.68. The van der Waals surface area contributed by atoms with Crippen LogP contribution in [0.3, 0.4) is 0 Å². The molecule has 1 heterocycles. The molecule has 0 radical (unpaired) electrons. The number of sulfonamides is 2. The maximum absolute atomic E-state index is 13.1. The first-order chi connectivity index (χ1) is 14.1. The van der Waals surface area contributed by atoms with Crippen molar-refractivity contribution in [2.75, 3.05) is 28.5 Å². The van der Waals surface area contributed by atoms with Crippen LogP contribution in [0.25, 0.3) is 0 Å². The number of carbonyl (C=O) groups excluding carboxylic acids is 1. The van der Waals surface area contributed by atoms with E-state index in [1.807, 2.05) is 0 Å². The molecule has 30 heavy (non-hydrogen) atoms. The molecule has 1 unspecified atom stereocenters. The molecule has 1 aliphatic rings. The van der Waals surface area contributed by atoms with Crippen LogP contribution in [0.5, 0.6) is 11.5 Å². The van der Waals surface area contributed by atoms with Gasteiger partial charge in [-0.05, 0) is 37.3 Å². The van der Waals surface area contributed by atoms with Gasteiger partial charge in [-0.2, -0.15) is 0 Å². The van der Waals surface area contributed by atoms with Crippen molar-refractivity contribution < 1.29 is 31.1 Å². The summed E-state index contributed by atoms with van der Waals surface area (Å²) in [5.41, 5.74) is 0.194. The van der Waals surface area contributed by atoms with Crippen molar-refractivity contribution in [1.82, 2.24) is 0 Å². The SMILES string of the molecule is CCOc1ccc(N2C(=O)C(C)CS2(=O)=O)cc1S(=O)(=O)Nc1cccc(OC)c1. The topological polar surface area (TPSA) is 119 Å². The van der Waals surface area contributed by atoms with E-state index in [1.54, 1.807) is 25.1 Å². The third-order valence-corrected chi connectivity index (χ3v) is 7.70. The number of anilines is 2. The van der Waals surface area contributed by atoms with Crippen molar-refractivity contribution in [2.45, 2.75) is 18.7 Å². The lowest BCUT2D eigenvalue weighted by Gasteiger charge is -2.19. The fraction of sp³-hybridized carbons (Fsp3) is 0.316. The Morgan fingerprint density at radius 2 is 1.93 bits per heavy atom. The lowest BCUT2D eigenvalue weighted by atomic mass is 10.2. The number of nitrogens with zero attached hydrogens (tertiary/aromatic N) is 1. The van der Waals surface area contributed by atoms with Gasteiger partial charge in [-0.1, -0.05) is 13.0 Å². The summed E-state index contributed by atoms with van der Waals surface area (Å²) in [6, 6.07) is 10.1. The third kappa shape index (κ3) is 4.21. The first-order valence-corrected chi connectivity index (χ1v) is 12.2. The Morgan fingerprint density at radius 3 is 2.53 bits per heavy atom. The van der Waals surface area contributed by atoms with Crippen molar-refractivity contribution in [2.24, 2.45) is 5.92 Å². The van der Waals surface area contributed by atoms with Crippen molar-refractivity contribution >= 4 is 37.3 Å². The Bertz CT molecular complexity index is 1180. The van der Waals surface area contributed by atoms with Gasteiger partial charge in [0.1, 0.15) is 16.4 Å². The van der Waals surface area contributed by atoms with Crippen LogP contribution in [0.1, 0.15) is 13.8 Å². The minimum atomic E-state index is -4.17. The number of ether oxygens (including phenoxy) is 2. The summed E-state index contributed by atoms with van der Waals surface area (Å²) in [7, 11) is -6.60. The fourth-order valence-corrected chi connectivity index (χ4v) is 6.12. The summed E-state index contributed by atoms with van der Waals surface area (Å²) >= 11 is 0. The van der Waals surface area contributed by atoms with Crippen molar-refractivity contribution in [1.29, 1.82) is 0 Å². The van der Waals surface area contributed by atoms with Crippen LogP contribution in [0, 0.1) is 5.92 Å². The van der Waals surface area contributed by atoms with Crippen LogP contribution in [0.15, 0.2) is 47.4 Å². The molecule has 162 valence electrons. The highest BCUT2D eigenvalue weighted by atomic mass is 32.2. The van der Waals surface area contributed by atoms with E-state index >= 15 is 0 Å². The number of benzene rings is 2. The number of rotatable bonds is 7. The van der Waals surface area contributed by atoms with Gasteiger partial charge in [-0.3, -0.25) is 9.52 Å². The molecule has 0 bridgehead atoms. The summed E-state index contributed by atoms with van der Waals surface area (Å²) < 4.78 is 64.6. The monoisotopic (exact) mass is 454 g/mol. The number of hydrogen-bond donors (Lipinski definition) is 1. The Morgan fingerprint density at radius 1 is 1.20 bits per heavy atom. The largest absolute Gasteiger partial charge is 0.497 e. The van der Waals surface area contributed by atoms with Gasteiger partial charge in [0.15, 0.2) is 0 Å². The summed E-state index contributed by atoms with van der Waals surface area (Å²) in [5.74, 6) is -1.16. The standard InChI is InChI=1S/C19H22N2O7S2/c1-4-28-17-9-8-15(21-19(22)13(2)12-29(21,23)24)11-18(17)30(25,26)20-14-6-5-7-16(10-14)27-3/h5-11,13,20H,4,12H2,1-3H3. The van der Waals surface area contributed by atoms with E-state index in [0.29, 0.717) is 10.1 Å². The molecule has 1 fully saturated rings. The quantitative estimate of drug-likeness (QED) is 0.681. The fourth-order valence-electron chi connectivity index (χ4n) is 3.09. The predicted octanol–water partition coefficient (Wildman–Crippen LogP) is 2.21. The average molecular weight is 455 g/mol. The van der Waals surface area contributed by atoms with Gasteiger partial charge in [0.05, 0.1) is 36.8 Å². The van der Waals surface area contributed by atoms with E-state index < -0.39 is 31.9 Å². The zero-order chi connectivity index (χ0) is 22.1. The van der Waals surface area contributed by atoms with Gasteiger partial charge < -0.3 is 9.47 Å². The first-order valence-electron chi connectivity index (χ1n) is 9.09. The number of nitrogens with one attached hydrogen (secondary N) is 1. The molecular weight excluding hydrogens is 432 g/mol. The molecule has 1 N–H and O–H groups in total. The zero-order valence-electron chi connectivity index (χ0n) is 16.7. The first kappa shape index (κ1) is 21.9. The number of hydrogen-bond acceptors (Lipinski definition) is 7. The van der Waals surface area contributed by atoms with Crippen LogP contribution in [-0.4, -0.2) is 42.2 Å². The number of amides is 1. The molecule has 0 spiro atoms. The molecule has 1 aliphatic heterocycles. The van der Waals surface area contributed by atoms with E-state index in [-0.39, 0.29) is 34.4 Å². The van der Waals surface area contributed by atoms with E-state index in [4.69, 9.17) is 9.47 Å². The molecule has 3 rings (SSSR count). The molecule has 2 aromatic rings. The van der Waals surface area contributed by atoms with E-state index in [1.165, 1.54) is 32.2 Å². The minimum absolute atomic E-state index is 0.0359. The molecule has 11 heteroatoms. The van der Waals surface area contributed by atoms with Crippen LogP contribution < -0.4 is 18.5 Å². The lowest BCUT2D eigenvalue weighted by Crippen LogP contribution is -2.30. The summed E-state index contributed by atoms with van der Waals surface area (Å²) in [4.78, 5) is 12.1. The molecule has 0 saturated carbocycles. The van der Waals surface area contributed by atoms with Gasteiger partial charge in [0.2, 0.25) is 15.9 Å². The molecule has 2 aromatic carbocycles. The number of methoxy groups -OCH3 is 1. The van der Waals surface area contributed by atoms with Crippen LogP contribution in [-0.2, 0) is 24.8 Å². The highest BCUT2D eigenvalue weighted by Crippen LogP contribution is 2.35. The summed E-state index contributed by atoms with van der Waals surface area (Å²) in [6.07, 6.45) is 0. The highest BCUT2D eigenvalue weighted by Gasteiger charge is 2.42. The maximum Gasteiger partial charge on any atom is 0.265 e. The van der Waals surface area contributed by atoms with Gasteiger partial charge in [0.25, 0.3) is 10.0 Å². The lowest BCUT2D eigenvalue weighted by molar-refractivity contribution is -0.119. The second kappa shape index (κ2) is 8.15. The molecule has 0 aromatic heterocycles.